The van der Waals surface area contributed by atoms with Gasteiger partial charge in [0.05, 0.1) is 20.6 Å². The van der Waals surface area contributed by atoms with Crippen LogP contribution in [0.4, 0.5) is 5.69 Å². The maximum atomic E-state index is 14.1. The fourth-order valence-corrected chi connectivity index (χ4v) is 5.84. The molecule has 2 amide bonds. The van der Waals surface area contributed by atoms with E-state index in [1.54, 1.807) is 18.2 Å². The van der Waals surface area contributed by atoms with E-state index in [1.807, 2.05) is 52.0 Å². The third-order valence-electron chi connectivity index (χ3n) is 6.35. The van der Waals surface area contributed by atoms with Crippen LogP contribution in [-0.4, -0.2) is 44.3 Å². The quantitative estimate of drug-likeness (QED) is 0.272. The molecule has 0 aliphatic rings. The molecule has 3 rings (SSSR count). The first-order valence-electron chi connectivity index (χ1n) is 13.1. The van der Waals surface area contributed by atoms with Gasteiger partial charge in [0, 0.05) is 13.1 Å². The topological polar surface area (TPSA) is 86.8 Å². The van der Waals surface area contributed by atoms with Gasteiger partial charge in [-0.3, -0.25) is 13.9 Å². The molecule has 0 aromatic heterocycles. The van der Waals surface area contributed by atoms with Crippen LogP contribution in [0.25, 0.3) is 0 Å². The molecule has 0 spiro atoms. The normalized spacial score (nSPS) is 12.2. The number of hydrogen-bond acceptors (Lipinski definition) is 4. The molecule has 7 nitrogen and oxygen atoms in total. The highest BCUT2D eigenvalue weighted by Gasteiger charge is 2.33. The average molecular weight is 605 g/mol. The van der Waals surface area contributed by atoms with Crippen molar-refractivity contribution >= 4 is 50.7 Å². The second-order valence-corrected chi connectivity index (χ2v) is 12.7. The molecule has 3 aromatic carbocycles. The monoisotopic (exact) mass is 603 g/mol. The van der Waals surface area contributed by atoms with E-state index in [0.717, 1.165) is 15.4 Å². The van der Waals surface area contributed by atoms with Gasteiger partial charge in [-0.1, -0.05) is 92.0 Å². The maximum Gasteiger partial charge on any atom is 0.264 e. The summed E-state index contributed by atoms with van der Waals surface area (Å²) < 4.78 is 28.7. The molecular weight excluding hydrogens is 569 g/mol. The van der Waals surface area contributed by atoms with Crippen molar-refractivity contribution in [1.29, 1.82) is 0 Å². The van der Waals surface area contributed by atoms with Crippen molar-refractivity contribution in [1.82, 2.24) is 10.2 Å². The van der Waals surface area contributed by atoms with Crippen LogP contribution >= 0.6 is 23.2 Å². The molecule has 0 heterocycles. The summed E-state index contributed by atoms with van der Waals surface area (Å²) in [6, 6.07) is 19.1. The Morgan fingerprint density at radius 2 is 1.57 bits per heavy atom. The van der Waals surface area contributed by atoms with Crippen molar-refractivity contribution in [2.45, 2.75) is 51.6 Å². The van der Waals surface area contributed by atoms with E-state index in [-0.39, 0.29) is 39.0 Å². The fourth-order valence-electron chi connectivity index (χ4n) is 4.12. The summed E-state index contributed by atoms with van der Waals surface area (Å²) in [6.07, 6.45) is 0.347. The fraction of sp³-hybridized carbons (Fsp3) is 0.333. The molecule has 1 N–H and O–H groups in total. The number of aryl methyl sites for hydroxylation is 1. The number of halogens is 2. The highest BCUT2D eigenvalue weighted by Crippen LogP contribution is 2.31. The number of nitrogens with one attached hydrogen (secondary N) is 1. The van der Waals surface area contributed by atoms with E-state index in [1.165, 1.54) is 35.2 Å². The molecule has 0 radical (unpaired) electrons. The lowest BCUT2D eigenvalue weighted by Gasteiger charge is -2.33. The van der Waals surface area contributed by atoms with Crippen LogP contribution < -0.4 is 9.62 Å². The lowest BCUT2D eigenvalue weighted by molar-refractivity contribution is -0.140. The summed E-state index contributed by atoms with van der Waals surface area (Å²) in [7, 11) is -4.18. The van der Waals surface area contributed by atoms with Gasteiger partial charge in [0.25, 0.3) is 10.0 Å². The number of hydrogen-bond donors (Lipinski definition) is 1. The number of amides is 2. The van der Waals surface area contributed by atoms with Crippen LogP contribution in [0, 0.1) is 12.8 Å². The van der Waals surface area contributed by atoms with E-state index in [2.05, 4.69) is 5.32 Å². The molecule has 0 bridgehead atoms. The molecule has 3 aromatic rings. The van der Waals surface area contributed by atoms with Crippen LogP contribution in [0.15, 0.2) is 77.7 Å². The van der Waals surface area contributed by atoms with Crippen molar-refractivity contribution in [3.63, 3.8) is 0 Å². The van der Waals surface area contributed by atoms with Crippen LogP contribution in [0.1, 0.15) is 38.3 Å². The second-order valence-electron chi connectivity index (χ2n) is 9.99. The van der Waals surface area contributed by atoms with Gasteiger partial charge >= 0.3 is 0 Å². The second kappa shape index (κ2) is 14.0. The minimum absolute atomic E-state index is 0.0145. The standard InChI is InChI=1S/C30H35Cl2N3O4S/c1-5-28(30(37)33-18-21(2)3)34(19-23-13-11-22(4)12-14-23)29(36)20-35(24-15-16-26(31)27(32)17-24)40(38,39)25-9-7-6-8-10-25/h6-17,21,28H,5,18-20H2,1-4H3,(H,33,37)/t28-/m0/s1. The average Bonchev–Trinajstić information content (AvgIpc) is 2.93. The molecule has 40 heavy (non-hydrogen) atoms. The van der Waals surface area contributed by atoms with Gasteiger partial charge < -0.3 is 10.2 Å². The lowest BCUT2D eigenvalue weighted by Crippen LogP contribution is -2.52. The first-order chi connectivity index (χ1) is 18.9. The Balaban J connectivity index is 2.05. The van der Waals surface area contributed by atoms with Crippen LogP contribution in [-0.2, 0) is 26.2 Å². The largest absolute Gasteiger partial charge is 0.354 e. The predicted molar refractivity (Wildman–Crippen MR) is 161 cm³/mol. The van der Waals surface area contributed by atoms with Gasteiger partial charge in [0.15, 0.2) is 0 Å². The van der Waals surface area contributed by atoms with Gasteiger partial charge in [0.1, 0.15) is 12.6 Å². The molecule has 0 saturated carbocycles. The molecule has 10 heteroatoms. The van der Waals surface area contributed by atoms with Crippen LogP contribution in [0.2, 0.25) is 10.0 Å². The zero-order valence-electron chi connectivity index (χ0n) is 23.1. The molecule has 0 unspecified atom stereocenters. The number of carbonyl (C=O) groups excluding carboxylic acids is 2. The Morgan fingerprint density at radius 1 is 0.925 bits per heavy atom. The number of sulfonamides is 1. The highest BCUT2D eigenvalue weighted by molar-refractivity contribution is 7.92. The Bertz CT molecular complexity index is 1410. The third kappa shape index (κ3) is 7.99. The van der Waals surface area contributed by atoms with Crippen molar-refractivity contribution in [2.75, 3.05) is 17.4 Å². The summed E-state index contributed by atoms with van der Waals surface area (Å²) in [6.45, 7) is 7.80. The Kier molecular flexibility index (Phi) is 11.0. The van der Waals surface area contributed by atoms with Crippen LogP contribution in [0.5, 0.6) is 0 Å². The molecule has 1 atom stereocenters. The summed E-state index contributed by atoms with van der Waals surface area (Å²) in [5.41, 5.74) is 2.06. The van der Waals surface area contributed by atoms with Crippen molar-refractivity contribution < 1.29 is 18.0 Å². The van der Waals surface area contributed by atoms with Crippen LogP contribution in [0.3, 0.4) is 0 Å². The minimum Gasteiger partial charge on any atom is -0.354 e. The van der Waals surface area contributed by atoms with Gasteiger partial charge in [-0.2, -0.15) is 0 Å². The molecule has 0 saturated heterocycles. The number of carbonyl (C=O) groups is 2. The van der Waals surface area contributed by atoms with E-state index in [4.69, 9.17) is 23.2 Å². The first kappa shape index (κ1) is 31.5. The minimum atomic E-state index is -4.18. The number of rotatable bonds is 12. The molecule has 0 aliphatic heterocycles. The van der Waals surface area contributed by atoms with Gasteiger partial charge in [-0.25, -0.2) is 8.42 Å². The Morgan fingerprint density at radius 3 is 2.15 bits per heavy atom. The highest BCUT2D eigenvalue weighted by atomic mass is 35.5. The van der Waals surface area contributed by atoms with E-state index < -0.39 is 28.5 Å². The Hall–Kier alpha value is -3.07. The third-order valence-corrected chi connectivity index (χ3v) is 8.87. The predicted octanol–water partition coefficient (Wildman–Crippen LogP) is 6.08. The first-order valence-corrected chi connectivity index (χ1v) is 15.3. The SMILES string of the molecule is CC[C@@H](C(=O)NCC(C)C)N(Cc1ccc(C)cc1)C(=O)CN(c1ccc(Cl)c(Cl)c1)S(=O)(=O)c1ccccc1. The molecule has 0 fully saturated rings. The van der Waals surface area contributed by atoms with E-state index >= 15 is 0 Å². The van der Waals surface area contributed by atoms with E-state index in [0.29, 0.717) is 13.0 Å². The molecule has 214 valence electrons. The molecule has 0 aliphatic carbocycles. The summed E-state index contributed by atoms with van der Waals surface area (Å²) >= 11 is 12.3. The summed E-state index contributed by atoms with van der Waals surface area (Å²) in [4.78, 5) is 28.8. The number of nitrogens with zero attached hydrogens (tertiary/aromatic N) is 2. The molecular formula is C30H35Cl2N3O4S. The van der Waals surface area contributed by atoms with Crippen molar-refractivity contribution in [2.24, 2.45) is 5.92 Å². The maximum absolute atomic E-state index is 14.1. The zero-order chi connectivity index (χ0) is 29.4. The van der Waals surface area contributed by atoms with Gasteiger partial charge in [-0.05, 0) is 55.2 Å². The number of anilines is 1. The zero-order valence-corrected chi connectivity index (χ0v) is 25.4. The Labute approximate surface area is 247 Å². The van der Waals surface area contributed by atoms with Crippen molar-refractivity contribution in [3.8, 4) is 0 Å². The van der Waals surface area contributed by atoms with Crippen molar-refractivity contribution in [3.05, 3.63) is 94.0 Å². The summed E-state index contributed by atoms with van der Waals surface area (Å²) in [5, 5.41) is 3.32. The lowest BCUT2D eigenvalue weighted by atomic mass is 10.1. The number of benzene rings is 3. The van der Waals surface area contributed by atoms with E-state index in [9.17, 15) is 18.0 Å². The van der Waals surface area contributed by atoms with Gasteiger partial charge in [0.2, 0.25) is 11.8 Å². The van der Waals surface area contributed by atoms with Gasteiger partial charge in [-0.15, -0.1) is 0 Å². The summed E-state index contributed by atoms with van der Waals surface area (Å²) in [5.74, 6) is -0.592. The smallest absolute Gasteiger partial charge is 0.264 e.